The lowest BCUT2D eigenvalue weighted by atomic mass is 9.97. The van der Waals surface area contributed by atoms with E-state index in [9.17, 15) is 0 Å². The first kappa shape index (κ1) is 27.5. The highest BCUT2D eigenvalue weighted by molar-refractivity contribution is 5.97. The van der Waals surface area contributed by atoms with Crippen molar-refractivity contribution >= 4 is 23.8 Å². The summed E-state index contributed by atoms with van der Waals surface area (Å²) in [6.45, 7) is 15.1. The van der Waals surface area contributed by atoms with Crippen LogP contribution < -0.4 is 33.6 Å². The van der Waals surface area contributed by atoms with E-state index in [1.807, 2.05) is 0 Å². The number of nitrogens with zero attached hydrogens (tertiary/aromatic N) is 4. The lowest BCUT2D eigenvalue weighted by Gasteiger charge is -2.15. The number of aliphatic imine (C=N–C) groups is 4. The van der Waals surface area contributed by atoms with E-state index in [-0.39, 0.29) is 10.8 Å². The molecule has 0 aromatic carbocycles. The van der Waals surface area contributed by atoms with Gasteiger partial charge in [0.25, 0.3) is 0 Å². The van der Waals surface area contributed by atoms with E-state index in [0.29, 0.717) is 50.0 Å². The van der Waals surface area contributed by atoms with E-state index < -0.39 is 0 Å². The summed E-state index contributed by atoms with van der Waals surface area (Å²) < 4.78 is 0. The molecule has 10 N–H and O–H groups in total. The molecular formula is C20H44N10. The number of guanidine groups is 4. The number of hydrogen-bond acceptors (Lipinski definition) is 4. The number of hydrogen-bond donors (Lipinski definition) is 6. The lowest BCUT2D eigenvalue weighted by Crippen LogP contribution is -2.42. The molecule has 0 rings (SSSR count). The van der Waals surface area contributed by atoms with Crippen LogP contribution in [-0.2, 0) is 0 Å². The van der Waals surface area contributed by atoms with Crippen LogP contribution in [0.25, 0.3) is 0 Å². The summed E-state index contributed by atoms with van der Waals surface area (Å²) in [4.78, 5) is 17.0. The van der Waals surface area contributed by atoms with Crippen molar-refractivity contribution in [2.45, 2.75) is 67.2 Å². The van der Waals surface area contributed by atoms with Gasteiger partial charge in [0.05, 0.1) is 0 Å². The summed E-state index contributed by atoms with van der Waals surface area (Å²) in [5.74, 6) is 1.16. The Morgan fingerprint density at radius 2 is 0.833 bits per heavy atom. The van der Waals surface area contributed by atoms with Crippen LogP contribution in [0.3, 0.4) is 0 Å². The Balaban J connectivity index is 3.96. The molecule has 0 fully saturated rings. The van der Waals surface area contributed by atoms with Gasteiger partial charge in [-0.2, -0.15) is 0 Å². The fraction of sp³-hybridized carbons (Fsp3) is 0.800. The van der Waals surface area contributed by atoms with Gasteiger partial charge in [0, 0.05) is 26.2 Å². The normalized spacial score (nSPS) is 14.7. The number of rotatable bonds is 9. The molecule has 0 saturated carbocycles. The minimum atomic E-state index is 0.0788. The first-order valence-corrected chi connectivity index (χ1v) is 10.5. The molecule has 0 amide bonds. The molecule has 30 heavy (non-hydrogen) atoms. The lowest BCUT2D eigenvalue weighted by molar-refractivity contribution is 0.429. The average molecular weight is 425 g/mol. The summed E-state index contributed by atoms with van der Waals surface area (Å²) >= 11 is 0. The average Bonchev–Trinajstić information content (AvgIpc) is 2.59. The molecule has 0 aliphatic heterocycles. The third-order valence-electron chi connectivity index (χ3n) is 3.59. The summed E-state index contributed by atoms with van der Waals surface area (Å²) in [7, 11) is 0. The molecule has 174 valence electrons. The van der Waals surface area contributed by atoms with Gasteiger partial charge < -0.3 is 22.9 Å². The molecule has 0 aromatic rings. The number of nitrogens with two attached hydrogens (primary N) is 4. The van der Waals surface area contributed by atoms with Gasteiger partial charge in [-0.1, -0.05) is 54.4 Å². The third-order valence-corrected chi connectivity index (χ3v) is 3.59. The Bertz CT molecular complexity index is 552. The molecule has 0 bridgehead atoms. The van der Waals surface area contributed by atoms with Crippen LogP contribution in [0.5, 0.6) is 0 Å². The van der Waals surface area contributed by atoms with E-state index in [2.05, 4.69) is 72.1 Å². The van der Waals surface area contributed by atoms with Gasteiger partial charge in [0.2, 0.25) is 0 Å². The topological polar surface area (TPSA) is 178 Å². The fourth-order valence-corrected chi connectivity index (χ4v) is 2.04. The molecule has 0 atom stereocenters. The van der Waals surface area contributed by atoms with Crippen LogP contribution in [-0.4, -0.2) is 50.0 Å². The predicted molar refractivity (Wildman–Crippen MR) is 130 cm³/mol. The Kier molecular flexibility index (Phi) is 12.5. The highest BCUT2D eigenvalue weighted by Crippen LogP contribution is 2.12. The SMILES string of the molecule is CC(C)(C)CN=C(N)NC(N)=NCCCCCCN=C(N)NC(N)=NCC(C)(C)C. The van der Waals surface area contributed by atoms with Crippen molar-refractivity contribution in [2.24, 2.45) is 53.7 Å². The molecule has 0 aromatic heterocycles. The van der Waals surface area contributed by atoms with E-state index in [0.717, 1.165) is 25.7 Å². The maximum atomic E-state index is 5.81. The number of unbranched alkanes of at least 4 members (excludes halogenated alkanes) is 3. The van der Waals surface area contributed by atoms with Gasteiger partial charge in [-0.25, -0.2) is 0 Å². The Hall–Kier alpha value is -2.52. The minimum absolute atomic E-state index is 0.0788. The second kappa shape index (κ2) is 13.7. The highest BCUT2D eigenvalue weighted by atomic mass is 15.2. The maximum absolute atomic E-state index is 5.81. The van der Waals surface area contributed by atoms with Crippen molar-refractivity contribution in [1.82, 2.24) is 10.6 Å². The second-order valence-corrected chi connectivity index (χ2v) is 9.72. The van der Waals surface area contributed by atoms with Gasteiger partial charge in [-0.3, -0.25) is 30.6 Å². The fourth-order valence-electron chi connectivity index (χ4n) is 2.04. The number of nitrogens with one attached hydrogen (secondary N) is 2. The van der Waals surface area contributed by atoms with Crippen LogP contribution in [0.4, 0.5) is 0 Å². The van der Waals surface area contributed by atoms with Gasteiger partial charge in [0.1, 0.15) is 0 Å². The molecule has 10 nitrogen and oxygen atoms in total. The zero-order chi connectivity index (χ0) is 23.2. The Labute approximate surface area is 182 Å². The third kappa shape index (κ3) is 18.8. The molecule has 0 heterocycles. The molecular weight excluding hydrogens is 380 g/mol. The van der Waals surface area contributed by atoms with Crippen molar-refractivity contribution in [3.05, 3.63) is 0 Å². The summed E-state index contributed by atoms with van der Waals surface area (Å²) in [6.07, 6.45) is 3.93. The summed E-state index contributed by atoms with van der Waals surface area (Å²) in [5, 5.41) is 5.61. The van der Waals surface area contributed by atoms with Crippen molar-refractivity contribution in [2.75, 3.05) is 26.2 Å². The van der Waals surface area contributed by atoms with Crippen molar-refractivity contribution in [3.8, 4) is 0 Å². The van der Waals surface area contributed by atoms with Crippen LogP contribution in [0, 0.1) is 10.8 Å². The van der Waals surface area contributed by atoms with E-state index >= 15 is 0 Å². The molecule has 0 spiro atoms. The van der Waals surface area contributed by atoms with E-state index in [1.165, 1.54) is 0 Å². The highest BCUT2D eigenvalue weighted by Gasteiger charge is 2.09. The zero-order valence-corrected chi connectivity index (χ0v) is 19.8. The van der Waals surface area contributed by atoms with Gasteiger partial charge in [0.15, 0.2) is 23.8 Å². The van der Waals surface area contributed by atoms with Crippen LogP contribution in [0.15, 0.2) is 20.0 Å². The molecule has 0 unspecified atom stereocenters. The zero-order valence-electron chi connectivity index (χ0n) is 19.8. The first-order chi connectivity index (χ1) is 13.8. The minimum Gasteiger partial charge on any atom is -0.370 e. The Morgan fingerprint density at radius 3 is 1.13 bits per heavy atom. The van der Waals surface area contributed by atoms with Crippen molar-refractivity contribution < 1.29 is 0 Å². The van der Waals surface area contributed by atoms with Crippen molar-refractivity contribution in [3.63, 3.8) is 0 Å². The monoisotopic (exact) mass is 424 g/mol. The summed E-state index contributed by atoms with van der Waals surface area (Å²) in [6, 6.07) is 0. The summed E-state index contributed by atoms with van der Waals surface area (Å²) in [5.41, 5.74) is 23.4. The molecule has 0 radical (unpaired) electrons. The molecule has 0 saturated heterocycles. The van der Waals surface area contributed by atoms with Crippen LogP contribution >= 0.6 is 0 Å². The molecule has 0 aliphatic rings. The Morgan fingerprint density at radius 1 is 0.533 bits per heavy atom. The van der Waals surface area contributed by atoms with E-state index in [4.69, 9.17) is 22.9 Å². The second-order valence-electron chi connectivity index (χ2n) is 9.72. The first-order valence-electron chi connectivity index (χ1n) is 10.5. The largest absolute Gasteiger partial charge is 0.370 e. The van der Waals surface area contributed by atoms with Gasteiger partial charge in [-0.15, -0.1) is 0 Å². The van der Waals surface area contributed by atoms with Crippen LogP contribution in [0.1, 0.15) is 67.2 Å². The van der Waals surface area contributed by atoms with E-state index in [1.54, 1.807) is 0 Å². The standard InChI is InChI=1S/C20H44N10/c1-19(2,3)13-27-17(23)29-15(21)25-11-9-7-8-10-12-26-16(22)30-18(24)28-14-20(4,5)6/h7-14H2,1-6H3,(H5,21,23,25,27,29)(H5,22,24,26,28,30). The predicted octanol–water partition coefficient (Wildman–Crippen LogP) is 1.08. The van der Waals surface area contributed by atoms with Gasteiger partial charge >= 0.3 is 0 Å². The maximum Gasteiger partial charge on any atom is 0.195 e. The molecule has 0 aliphatic carbocycles. The smallest absolute Gasteiger partial charge is 0.195 e. The quantitative estimate of drug-likeness (QED) is 0.183. The van der Waals surface area contributed by atoms with Crippen molar-refractivity contribution in [1.29, 1.82) is 0 Å². The van der Waals surface area contributed by atoms with Gasteiger partial charge in [-0.05, 0) is 23.7 Å². The molecule has 10 heteroatoms. The van der Waals surface area contributed by atoms with Crippen LogP contribution in [0.2, 0.25) is 0 Å².